The summed E-state index contributed by atoms with van der Waals surface area (Å²) in [6.07, 6.45) is 1.02. The quantitative estimate of drug-likeness (QED) is 0.400. The number of aromatic nitrogens is 2. The minimum atomic E-state index is 0.783. The molecule has 3 heterocycles. The highest BCUT2D eigenvalue weighted by molar-refractivity contribution is 7.18. The van der Waals surface area contributed by atoms with Crippen molar-refractivity contribution in [3.8, 4) is 11.4 Å². The third-order valence-corrected chi connectivity index (χ3v) is 6.97. The van der Waals surface area contributed by atoms with Crippen LogP contribution in [0.1, 0.15) is 11.8 Å². The molecule has 4 aromatic rings. The zero-order valence-electron chi connectivity index (χ0n) is 16.9. The van der Waals surface area contributed by atoms with Crippen LogP contribution in [0.4, 0.5) is 11.5 Å². The lowest BCUT2D eigenvalue weighted by Gasteiger charge is -2.37. The van der Waals surface area contributed by atoms with Gasteiger partial charge in [0, 0.05) is 47.3 Å². The summed E-state index contributed by atoms with van der Waals surface area (Å²) in [5.74, 6) is 1.86. The molecule has 0 N–H and O–H groups in total. The average Bonchev–Trinajstić information content (AvgIpc) is 3.22. The minimum absolute atomic E-state index is 0.783. The van der Waals surface area contributed by atoms with Gasteiger partial charge < -0.3 is 9.80 Å². The summed E-state index contributed by atoms with van der Waals surface area (Å²) < 4.78 is 0. The van der Waals surface area contributed by atoms with Gasteiger partial charge >= 0.3 is 0 Å². The maximum atomic E-state index is 6.19. The number of halogens is 1. The second-order valence-electron chi connectivity index (χ2n) is 7.48. The summed E-state index contributed by atoms with van der Waals surface area (Å²) in [5.41, 5.74) is 2.24. The monoisotopic (exact) mass is 434 g/mol. The van der Waals surface area contributed by atoms with Gasteiger partial charge in [-0.1, -0.05) is 54.9 Å². The lowest BCUT2D eigenvalue weighted by atomic mass is 10.2. The fourth-order valence-corrected chi connectivity index (χ4v) is 5.08. The molecule has 0 atom stereocenters. The first kappa shape index (κ1) is 19.3. The second-order valence-corrected chi connectivity index (χ2v) is 9.03. The van der Waals surface area contributed by atoms with Crippen LogP contribution in [0.3, 0.4) is 0 Å². The zero-order chi connectivity index (χ0) is 20.5. The largest absolute Gasteiger partial charge is 0.368 e. The maximum absolute atomic E-state index is 6.19. The molecule has 5 rings (SSSR count). The molecule has 0 amide bonds. The molecule has 6 heteroatoms. The van der Waals surface area contributed by atoms with Crippen LogP contribution in [-0.4, -0.2) is 36.1 Å². The fourth-order valence-electron chi connectivity index (χ4n) is 3.94. The Kier molecular flexibility index (Phi) is 5.32. The van der Waals surface area contributed by atoms with Crippen molar-refractivity contribution >= 4 is 44.7 Å². The molecule has 0 unspecified atom stereocenters. The first-order valence-electron chi connectivity index (χ1n) is 10.3. The van der Waals surface area contributed by atoms with E-state index < -0.39 is 0 Å². The molecule has 152 valence electrons. The van der Waals surface area contributed by atoms with E-state index >= 15 is 0 Å². The smallest absolute Gasteiger partial charge is 0.163 e. The Morgan fingerprint density at radius 1 is 0.900 bits per heavy atom. The van der Waals surface area contributed by atoms with Gasteiger partial charge in [0.15, 0.2) is 5.82 Å². The van der Waals surface area contributed by atoms with E-state index in [2.05, 4.69) is 41.0 Å². The van der Waals surface area contributed by atoms with Crippen molar-refractivity contribution in [2.45, 2.75) is 13.3 Å². The number of hydrogen-bond donors (Lipinski definition) is 0. The van der Waals surface area contributed by atoms with Crippen LogP contribution < -0.4 is 9.80 Å². The van der Waals surface area contributed by atoms with Crippen LogP contribution in [0.5, 0.6) is 0 Å². The van der Waals surface area contributed by atoms with Gasteiger partial charge in [-0.05, 0) is 30.7 Å². The molecular formula is C24H23ClN4S. The summed E-state index contributed by atoms with van der Waals surface area (Å²) in [7, 11) is 0. The molecule has 1 aliphatic rings. The highest BCUT2D eigenvalue weighted by Gasteiger charge is 2.22. The molecule has 1 saturated heterocycles. The van der Waals surface area contributed by atoms with Gasteiger partial charge in [0.25, 0.3) is 0 Å². The molecule has 1 aliphatic heterocycles. The van der Waals surface area contributed by atoms with E-state index in [1.807, 2.05) is 36.4 Å². The standard InChI is InChI=1S/C24H23ClN4S/c1-2-20-16-21-23(26-22(27-24(21)30-20)17-7-4-3-5-8-17)29-13-11-28(12-14-29)19-10-6-9-18(25)15-19/h3-10,15-16H,2,11-14H2,1H3. The Bertz CT molecular complexity index is 1170. The maximum Gasteiger partial charge on any atom is 0.163 e. The van der Waals surface area contributed by atoms with Crippen molar-refractivity contribution in [2.24, 2.45) is 0 Å². The van der Waals surface area contributed by atoms with Crippen LogP contribution in [-0.2, 0) is 6.42 Å². The zero-order valence-corrected chi connectivity index (χ0v) is 18.5. The van der Waals surface area contributed by atoms with Crippen LogP contribution in [0.15, 0.2) is 60.7 Å². The molecule has 2 aromatic heterocycles. The molecule has 0 spiro atoms. The van der Waals surface area contributed by atoms with Gasteiger partial charge in [-0.15, -0.1) is 11.3 Å². The van der Waals surface area contributed by atoms with Gasteiger partial charge in [-0.2, -0.15) is 0 Å². The van der Waals surface area contributed by atoms with Gasteiger partial charge in [0.1, 0.15) is 10.6 Å². The van der Waals surface area contributed by atoms with E-state index in [1.165, 1.54) is 16.0 Å². The Morgan fingerprint density at radius 2 is 1.67 bits per heavy atom. The number of hydrogen-bond acceptors (Lipinski definition) is 5. The first-order chi connectivity index (χ1) is 14.7. The van der Waals surface area contributed by atoms with Gasteiger partial charge in [0.2, 0.25) is 0 Å². The van der Waals surface area contributed by atoms with Crippen molar-refractivity contribution in [3.63, 3.8) is 0 Å². The van der Waals surface area contributed by atoms with E-state index in [9.17, 15) is 0 Å². The normalized spacial score (nSPS) is 14.5. The number of aryl methyl sites for hydroxylation is 1. The summed E-state index contributed by atoms with van der Waals surface area (Å²) in [5, 5.41) is 1.96. The van der Waals surface area contributed by atoms with Crippen molar-refractivity contribution < 1.29 is 0 Å². The Labute approximate surface area is 185 Å². The molecule has 2 aromatic carbocycles. The van der Waals surface area contributed by atoms with E-state index in [0.717, 1.165) is 59.7 Å². The summed E-state index contributed by atoms with van der Waals surface area (Å²) in [4.78, 5) is 17.2. The average molecular weight is 435 g/mol. The number of anilines is 2. The van der Waals surface area contributed by atoms with Crippen LogP contribution in [0.25, 0.3) is 21.6 Å². The molecule has 0 aliphatic carbocycles. The number of nitrogens with zero attached hydrogens (tertiary/aromatic N) is 4. The molecule has 4 nitrogen and oxygen atoms in total. The predicted molar refractivity (Wildman–Crippen MR) is 128 cm³/mol. The minimum Gasteiger partial charge on any atom is -0.368 e. The lowest BCUT2D eigenvalue weighted by molar-refractivity contribution is 0.649. The number of thiophene rings is 1. The number of benzene rings is 2. The van der Waals surface area contributed by atoms with Crippen LogP contribution in [0, 0.1) is 0 Å². The van der Waals surface area contributed by atoms with E-state index in [0.29, 0.717) is 0 Å². The molecule has 0 bridgehead atoms. The summed E-state index contributed by atoms with van der Waals surface area (Å²) in [6, 6.07) is 20.6. The fraction of sp³-hybridized carbons (Fsp3) is 0.250. The summed E-state index contributed by atoms with van der Waals surface area (Å²) in [6.45, 7) is 5.92. The van der Waals surface area contributed by atoms with Crippen molar-refractivity contribution in [1.29, 1.82) is 0 Å². The van der Waals surface area contributed by atoms with Crippen LogP contribution in [0.2, 0.25) is 5.02 Å². The lowest BCUT2D eigenvalue weighted by Crippen LogP contribution is -2.47. The molecular weight excluding hydrogens is 412 g/mol. The van der Waals surface area contributed by atoms with E-state index in [1.54, 1.807) is 11.3 Å². The Hall–Kier alpha value is -2.63. The highest BCUT2D eigenvalue weighted by Crippen LogP contribution is 2.34. The van der Waals surface area contributed by atoms with Gasteiger partial charge in [0.05, 0.1) is 5.39 Å². The third kappa shape index (κ3) is 3.75. The number of fused-ring (bicyclic) bond motifs is 1. The van der Waals surface area contributed by atoms with Crippen molar-refractivity contribution in [3.05, 3.63) is 70.6 Å². The van der Waals surface area contributed by atoms with Crippen LogP contribution >= 0.6 is 22.9 Å². The topological polar surface area (TPSA) is 32.3 Å². The van der Waals surface area contributed by atoms with Crippen molar-refractivity contribution in [1.82, 2.24) is 9.97 Å². The second kappa shape index (κ2) is 8.25. The molecule has 0 radical (unpaired) electrons. The van der Waals surface area contributed by atoms with Crippen molar-refractivity contribution in [2.75, 3.05) is 36.0 Å². The number of piperazine rings is 1. The van der Waals surface area contributed by atoms with E-state index in [-0.39, 0.29) is 0 Å². The Balaban J connectivity index is 1.48. The van der Waals surface area contributed by atoms with E-state index in [4.69, 9.17) is 21.6 Å². The number of rotatable bonds is 4. The molecule has 1 fully saturated rings. The molecule has 0 saturated carbocycles. The van der Waals surface area contributed by atoms with Gasteiger partial charge in [-0.25, -0.2) is 9.97 Å². The highest BCUT2D eigenvalue weighted by atomic mass is 35.5. The Morgan fingerprint density at radius 3 is 2.40 bits per heavy atom. The van der Waals surface area contributed by atoms with Gasteiger partial charge in [-0.3, -0.25) is 0 Å². The SMILES string of the molecule is CCc1cc2c(N3CCN(c4cccc(Cl)c4)CC3)nc(-c3ccccc3)nc2s1. The molecule has 30 heavy (non-hydrogen) atoms. The predicted octanol–water partition coefficient (Wildman–Crippen LogP) is 5.90. The third-order valence-electron chi connectivity index (χ3n) is 5.56. The first-order valence-corrected chi connectivity index (χ1v) is 11.5. The summed E-state index contributed by atoms with van der Waals surface area (Å²) >= 11 is 7.97.